The van der Waals surface area contributed by atoms with Gasteiger partial charge in [0, 0.05) is 25.7 Å². The Morgan fingerprint density at radius 3 is 0.860 bits per heavy atom. The van der Waals surface area contributed by atoms with Crippen LogP contribution in [0.2, 0.25) is 0 Å². The summed E-state index contributed by atoms with van der Waals surface area (Å²) >= 11 is 0. The van der Waals surface area contributed by atoms with Gasteiger partial charge in [-0.15, -0.1) is 0 Å². The van der Waals surface area contributed by atoms with Crippen molar-refractivity contribution < 1.29 is 80.2 Å². The number of esters is 4. The normalized spacial score (nSPS) is 14.6. The summed E-state index contributed by atoms with van der Waals surface area (Å²) in [6.07, 6.45) is 79.1. The summed E-state index contributed by atoms with van der Waals surface area (Å²) in [4.78, 5) is 72.9. The molecule has 0 spiro atoms. The molecule has 0 heterocycles. The van der Waals surface area contributed by atoms with Gasteiger partial charge in [0.05, 0.1) is 26.4 Å². The number of phosphoric acid groups is 2. The molecule has 0 aromatic rings. The Balaban J connectivity index is 5.37. The lowest BCUT2D eigenvalue weighted by atomic mass is 10.1. The van der Waals surface area contributed by atoms with Crippen molar-refractivity contribution in [1.82, 2.24) is 0 Å². The summed E-state index contributed by atoms with van der Waals surface area (Å²) in [5.41, 5.74) is 0. The van der Waals surface area contributed by atoms with Gasteiger partial charge >= 0.3 is 39.5 Å². The summed E-state index contributed by atoms with van der Waals surface area (Å²) in [6, 6.07) is 0. The van der Waals surface area contributed by atoms with Crippen molar-refractivity contribution in [3.05, 3.63) is 122 Å². The number of carbonyl (C=O) groups is 4. The maximum Gasteiger partial charge on any atom is 0.472 e. The van der Waals surface area contributed by atoms with Crippen molar-refractivity contribution in [3.63, 3.8) is 0 Å². The van der Waals surface area contributed by atoms with E-state index in [1.54, 1.807) is 0 Å². The van der Waals surface area contributed by atoms with Crippen molar-refractivity contribution in [2.75, 3.05) is 39.6 Å². The number of allylic oxidation sites excluding steroid dienone is 20. The van der Waals surface area contributed by atoms with Gasteiger partial charge in [-0.3, -0.25) is 37.3 Å². The Morgan fingerprint density at radius 1 is 0.290 bits per heavy atom. The fraction of sp³-hybridized carbons (Fsp3) is 0.704. The first-order chi connectivity index (χ1) is 48.7. The van der Waals surface area contributed by atoms with Gasteiger partial charge in [0.1, 0.15) is 19.3 Å². The van der Waals surface area contributed by atoms with Crippen molar-refractivity contribution in [2.45, 2.75) is 329 Å². The minimum absolute atomic E-state index is 0.0366. The number of unbranched alkanes of at least 4 members (excludes halogenated alkanes) is 26. The smallest absolute Gasteiger partial charge is 0.462 e. The lowest BCUT2D eigenvalue weighted by Crippen LogP contribution is -2.30. The highest BCUT2D eigenvalue weighted by molar-refractivity contribution is 7.47. The molecule has 574 valence electrons. The second-order valence-corrected chi connectivity index (χ2v) is 28.4. The molecule has 0 amide bonds. The monoisotopic (exact) mass is 1440 g/mol. The molecule has 0 aromatic carbocycles. The predicted molar refractivity (Wildman–Crippen MR) is 408 cm³/mol. The van der Waals surface area contributed by atoms with Crippen molar-refractivity contribution in [1.29, 1.82) is 0 Å². The Hall–Kier alpha value is -4.54. The van der Waals surface area contributed by atoms with Crippen LogP contribution in [0.1, 0.15) is 310 Å². The highest BCUT2D eigenvalue weighted by Crippen LogP contribution is 2.45. The van der Waals surface area contributed by atoms with Gasteiger partial charge in [0.15, 0.2) is 12.2 Å². The van der Waals surface area contributed by atoms with Crippen molar-refractivity contribution >= 4 is 39.5 Å². The molecule has 0 radical (unpaired) electrons. The van der Waals surface area contributed by atoms with E-state index in [-0.39, 0.29) is 25.7 Å². The third-order valence-corrected chi connectivity index (χ3v) is 17.8. The summed E-state index contributed by atoms with van der Waals surface area (Å²) in [7, 11) is -9.97. The summed E-state index contributed by atoms with van der Waals surface area (Å²) in [6.45, 7) is 4.52. The topological polar surface area (TPSA) is 237 Å². The van der Waals surface area contributed by atoms with E-state index in [4.69, 9.17) is 37.0 Å². The quantitative estimate of drug-likeness (QED) is 0.0169. The second kappa shape index (κ2) is 72.8. The summed E-state index contributed by atoms with van der Waals surface area (Å²) < 4.78 is 68.4. The van der Waals surface area contributed by atoms with Crippen LogP contribution in [-0.4, -0.2) is 96.7 Å². The lowest BCUT2D eigenvalue weighted by molar-refractivity contribution is -0.161. The van der Waals surface area contributed by atoms with Gasteiger partial charge in [-0.1, -0.05) is 258 Å². The number of aliphatic hydroxyl groups is 1. The Kier molecular flexibility index (Phi) is 69.5. The molecule has 0 aliphatic heterocycles. The van der Waals surface area contributed by atoms with E-state index in [0.717, 1.165) is 173 Å². The predicted octanol–water partition coefficient (Wildman–Crippen LogP) is 22.3. The second-order valence-electron chi connectivity index (χ2n) is 25.5. The van der Waals surface area contributed by atoms with Gasteiger partial charge in [-0.25, -0.2) is 9.13 Å². The van der Waals surface area contributed by atoms with Crippen LogP contribution in [-0.2, 0) is 65.4 Å². The first kappa shape index (κ1) is 95.5. The Morgan fingerprint density at radius 2 is 0.530 bits per heavy atom. The number of hydrogen-bond donors (Lipinski definition) is 3. The maximum atomic E-state index is 13.1. The molecule has 5 atom stereocenters. The molecule has 0 saturated carbocycles. The largest absolute Gasteiger partial charge is 0.472 e. The summed E-state index contributed by atoms with van der Waals surface area (Å²) in [5, 5.41) is 10.6. The van der Waals surface area contributed by atoms with Gasteiger partial charge in [-0.05, 0) is 148 Å². The highest BCUT2D eigenvalue weighted by Gasteiger charge is 2.30. The zero-order chi connectivity index (χ0) is 73.2. The number of phosphoric ester groups is 2. The van der Waals surface area contributed by atoms with Crippen molar-refractivity contribution in [3.8, 4) is 0 Å². The van der Waals surface area contributed by atoms with E-state index >= 15 is 0 Å². The van der Waals surface area contributed by atoms with Crippen LogP contribution < -0.4 is 0 Å². The van der Waals surface area contributed by atoms with Crippen LogP contribution in [0, 0.1) is 0 Å². The third kappa shape index (κ3) is 71.8. The van der Waals surface area contributed by atoms with Gasteiger partial charge in [0.2, 0.25) is 0 Å². The molecule has 5 unspecified atom stereocenters. The van der Waals surface area contributed by atoms with Gasteiger partial charge < -0.3 is 33.8 Å². The van der Waals surface area contributed by atoms with Crippen LogP contribution in [0.4, 0.5) is 0 Å². The van der Waals surface area contributed by atoms with Crippen LogP contribution in [0.25, 0.3) is 0 Å². The van der Waals surface area contributed by atoms with Crippen LogP contribution in [0.15, 0.2) is 122 Å². The van der Waals surface area contributed by atoms with E-state index in [0.29, 0.717) is 32.1 Å². The Bertz CT molecular complexity index is 2370. The van der Waals surface area contributed by atoms with Crippen LogP contribution in [0.5, 0.6) is 0 Å². The zero-order valence-electron chi connectivity index (χ0n) is 62.6. The van der Waals surface area contributed by atoms with Gasteiger partial charge in [-0.2, -0.15) is 0 Å². The van der Waals surface area contributed by atoms with E-state index < -0.39 is 97.5 Å². The average Bonchev–Trinajstić information content (AvgIpc) is 0.985. The highest BCUT2D eigenvalue weighted by atomic mass is 31.2. The number of ether oxygens (including phenoxy) is 4. The lowest BCUT2D eigenvalue weighted by Gasteiger charge is -2.21. The fourth-order valence-electron chi connectivity index (χ4n) is 10.0. The molecule has 0 saturated heterocycles. The molecule has 17 nitrogen and oxygen atoms in total. The van der Waals surface area contributed by atoms with Crippen molar-refractivity contribution in [2.24, 2.45) is 0 Å². The standard InChI is InChI=1S/C81H138O17P2/c1-5-9-13-17-21-25-29-32-35-36-37-38-41-43-47-50-54-58-62-66-79(84)92-72-77(98-81(86)68-64-60-56-52-48-44-40-34-31-27-23-19-15-11-7-3)74-96-100(89,90)94-70-75(82)69-93-99(87,88)95-73-76(97-80(85)67-63-59-55-51-45-28-24-20-16-12-8-4)71-91-78(83)65-61-57-53-49-46-42-39-33-30-26-22-18-14-10-6-2/h9,11,13,15,20-21,23-25,27,32-35,37-40,48,52,75-77,82H,5-8,10,12,14,16-19,22,26,28-31,36,41-47,49-51,53-74H2,1-4H3,(H,87,88)(H,89,90)/b13-9-,15-11-,24-20-,25-21-,27-23-,35-32-,38-37-,39-33-,40-34-,52-48-. The van der Waals surface area contributed by atoms with Crippen LogP contribution >= 0.6 is 15.6 Å². The molecular formula is C81H138O17P2. The molecule has 0 bridgehead atoms. The molecule has 100 heavy (non-hydrogen) atoms. The molecular weight excluding hydrogens is 1310 g/mol. The minimum atomic E-state index is -4.99. The molecule has 0 fully saturated rings. The van der Waals surface area contributed by atoms with E-state index in [1.807, 2.05) is 0 Å². The number of rotatable bonds is 72. The zero-order valence-corrected chi connectivity index (χ0v) is 64.4. The van der Waals surface area contributed by atoms with E-state index in [1.165, 1.54) is 51.4 Å². The van der Waals surface area contributed by atoms with E-state index in [9.17, 15) is 43.2 Å². The average molecular weight is 1450 g/mol. The molecule has 19 heteroatoms. The first-order valence-electron chi connectivity index (χ1n) is 38.8. The summed E-state index contributed by atoms with van der Waals surface area (Å²) in [5.74, 6) is -2.25. The Labute approximate surface area is 606 Å². The fourth-order valence-corrected chi connectivity index (χ4v) is 11.6. The first-order valence-corrected chi connectivity index (χ1v) is 41.8. The van der Waals surface area contributed by atoms with E-state index in [2.05, 4.69) is 149 Å². The number of aliphatic hydroxyl groups excluding tert-OH is 1. The SMILES string of the molecule is CC/C=C\C/C=C\C/C=C\C/C=C\CCCCCCCCC(=O)OCC(COP(=O)(O)OCC(O)COP(=O)(O)OCC(COC(=O)CCCCCCC/C=C\CCCCCCCC)OC(=O)CCCCCCC/C=C\CCCC)OC(=O)CCCC/C=C\C/C=C\C/C=C\C/C=C\CC. The molecule has 3 N–H and O–H groups in total. The molecule has 0 aliphatic rings. The minimum Gasteiger partial charge on any atom is -0.462 e. The number of hydrogen-bond acceptors (Lipinski definition) is 15. The third-order valence-electron chi connectivity index (χ3n) is 15.9. The molecule has 0 rings (SSSR count). The van der Waals surface area contributed by atoms with Crippen LogP contribution in [0.3, 0.4) is 0 Å². The molecule has 0 aromatic heterocycles. The molecule has 0 aliphatic carbocycles. The maximum absolute atomic E-state index is 13.1. The van der Waals surface area contributed by atoms with Gasteiger partial charge in [0.25, 0.3) is 0 Å². The number of carbonyl (C=O) groups excluding carboxylic acids is 4.